The van der Waals surface area contributed by atoms with Crippen LogP contribution in [0.5, 0.6) is 5.75 Å². The van der Waals surface area contributed by atoms with Gasteiger partial charge in [0.05, 0.1) is 19.8 Å². The molecule has 0 atom stereocenters. The summed E-state index contributed by atoms with van der Waals surface area (Å²) in [4.78, 5) is 29.3. The summed E-state index contributed by atoms with van der Waals surface area (Å²) in [7, 11) is 3.72. The summed E-state index contributed by atoms with van der Waals surface area (Å²) in [5.74, 6) is 1.92. The number of aromatic nitrogens is 3. The minimum atomic E-state index is -0.269. The van der Waals surface area contributed by atoms with Gasteiger partial charge in [0, 0.05) is 32.2 Å². The molecule has 10 heteroatoms. The van der Waals surface area contributed by atoms with Gasteiger partial charge in [-0.05, 0) is 24.3 Å². The molecule has 150 valence electrons. The zero-order valence-electron chi connectivity index (χ0n) is 15.9. The largest absolute Gasteiger partial charge is 0.484 e. The van der Waals surface area contributed by atoms with Gasteiger partial charge in [-0.3, -0.25) is 4.79 Å². The van der Waals surface area contributed by atoms with E-state index in [4.69, 9.17) is 21.1 Å². The summed E-state index contributed by atoms with van der Waals surface area (Å²) in [5.41, 5.74) is 0. The second-order valence-corrected chi connectivity index (χ2v) is 6.80. The fourth-order valence-corrected chi connectivity index (χ4v) is 2.61. The molecule has 0 radical (unpaired) electrons. The lowest BCUT2D eigenvalue weighted by molar-refractivity contribution is -0.123. The lowest BCUT2D eigenvalue weighted by Crippen LogP contribution is -2.38. The number of hydrogen-bond acceptors (Lipinski definition) is 8. The predicted octanol–water partition coefficient (Wildman–Crippen LogP) is 1.12. The third-order valence-electron chi connectivity index (χ3n) is 3.98. The second-order valence-electron chi connectivity index (χ2n) is 6.36. The zero-order valence-corrected chi connectivity index (χ0v) is 16.6. The SMILES string of the molecule is CN(C)c1nc(CNC(=O)COc2ccc(Cl)cc2)nc(N2CCOCC2)n1. The molecule has 1 aliphatic rings. The van der Waals surface area contributed by atoms with Crippen LogP contribution in [-0.4, -0.2) is 67.9 Å². The molecule has 1 aromatic carbocycles. The third kappa shape index (κ3) is 5.67. The summed E-state index contributed by atoms with van der Waals surface area (Å²) in [6.45, 7) is 2.79. The van der Waals surface area contributed by atoms with Gasteiger partial charge < -0.3 is 24.6 Å². The monoisotopic (exact) mass is 406 g/mol. The Labute approximate surface area is 168 Å². The van der Waals surface area contributed by atoms with Crippen LogP contribution in [0.1, 0.15) is 5.82 Å². The van der Waals surface area contributed by atoms with E-state index in [-0.39, 0.29) is 19.1 Å². The van der Waals surface area contributed by atoms with E-state index in [0.29, 0.717) is 41.7 Å². The van der Waals surface area contributed by atoms with E-state index < -0.39 is 0 Å². The van der Waals surface area contributed by atoms with Gasteiger partial charge >= 0.3 is 0 Å². The molecule has 1 saturated heterocycles. The van der Waals surface area contributed by atoms with E-state index >= 15 is 0 Å². The highest BCUT2D eigenvalue weighted by atomic mass is 35.5. The molecular formula is C18H23ClN6O3. The summed E-state index contributed by atoms with van der Waals surface area (Å²) < 4.78 is 10.8. The summed E-state index contributed by atoms with van der Waals surface area (Å²) in [6, 6.07) is 6.82. The molecule has 1 fully saturated rings. The molecule has 0 spiro atoms. The van der Waals surface area contributed by atoms with Crippen molar-refractivity contribution in [1.82, 2.24) is 20.3 Å². The van der Waals surface area contributed by atoms with Crippen LogP contribution in [0.25, 0.3) is 0 Å². The van der Waals surface area contributed by atoms with E-state index in [9.17, 15) is 4.79 Å². The zero-order chi connectivity index (χ0) is 19.9. The Morgan fingerprint density at radius 1 is 1.21 bits per heavy atom. The van der Waals surface area contributed by atoms with Crippen molar-refractivity contribution in [2.24, 2.45) is 0 Å². The van der Waals surface area contributed by atoms with Crippen molar-refractivity contribution in [3.05, 3.63) is 35.1 Å². The number of carbonyl (C=O) groups excluding carboxylic acids is 1. The average molecular weight is 407 g/mol. The van der Waals surface area contributed by atoms with Crippen molar-refractivity contribution in [2.45, 2.75) is 6.54 Å². The average Bonchev–Trinajstić information content (AvgIpc) is 2.72. The van der Waals surface area contributed by atoms with Gasteiger partial charge in [0.1, 0.15) is 5.75 Å². The highest BCUT2D eigenvalue weighted by Gasteiger charge is 2.17. The maximum atomic E-state index is 12.1. The van der Waals surface area contributed by atoms with Gasteiger partial charge in [0.2, 0.25) is 11.9 Å². The number of amides is 1. The number of carbonyl (C=O) groups is 1. The lowest BCUT2D eigenvalue weighted by Gasteiger charge is -2.27. The molecule has 1 amide bonds. The maximum Gasteiger partial charge on any atom is 0.258 e. The number of halogens is 1. The molecule has 1 N–H and O–H groups in total. The van der Waals surface area contributed by atoms with E-state index in [2.05, 4.69) is 20.3 Å². The Morgan fingerprint density at radius 3 is 2.61 bits per heavy atom. The highest BCUT2D eigenvalue weighted by molar-refractivity contribution is 6.30. The fourth-order valence-electron chi connectivity index (χ4n) is 2.49. The maximum absolute atomic E-state index is 12.1. The molecule has 9 nitrogen and oxygen atoms in total. The number of rotatable bonds is 7. The summed E-state index contributed by atoms with van der Waals surface area (Å²) >= 11 is 5.83. The van der Waals surface area contributed by atoms with Crippen LogP contribution < -0.4 is 19.9 Å². The number of nitrogens with one attached hydrogen (secondary N) is 1. The molecule has 2 aromatic rings. The minimum absolute atomic E-state index is 0.108. The Hall–Kier alpha value is -2.65. The van der Waals surface area contributed by atoms with Crippen molar-refractivity contribution in [1.29, 1.82) is 0 Å². The molecule has 0 bridgehead atoms. The molecule has 2 heterocycles. The Morgan fingerprint density at radius 2 is 1.93 bits per heavy atom. The first-order chi connectivity index (χ1) is 13.5. The standard InChI is InChI=1S/C18H23ClN6O3/c1-24(2)17-21-15(22-18(23-17)25-7-9-27-10-8-25)11-20-16(26)12-28-14-5-3-13(19)4-6-14/h3-6H,7-12H2,1-2H3,(H,20,26). The topological polar surface area (TPSA) is 92.7 Å². The van der Waals surface area contributed by atoms with Gasteiger partial charge in [-0.2, -0.15) is 15.0 Å². The smallest absolute Gasteiger partial charge is 0.258 e. The number of ether oxygens (including phenoxy) is 2. The van der Waals surface area contributed by atoms with Crippen LogP contribution in [0.3, 0.4) is 0 Å². The Balaban J connectivity index is 1.59. The lowest BCUT2D eigenvalue weighted by atomic mass is 10.3. The first-order valence-corrected chi connectivity index (χ1v) is 9.29. The molecular weight excluding hydrogens is 384 g/mol. The summed E-state index contributed by atoms with van der Waals surface area (Å²) in [5, 5.41) is 3.38. The molecule has 1 aliphatic heterocycles. The van der Waals surface area contributed by atoms with Crippen molar-refractivity contribution < 1.29 is 14.3 Å². The van der Waals surface area contributed by atoms with Gasteiger partial charge in [-0.1, -0.05) is 11.6 Å². The summed E-state index contributed by atoms with van der Waals surface area (Å²) in [6.07, 6.45) is 0. The van der Waals surface area contributed by atoms with Crippen LogP contribution in [0, 0.1) is 0 Å². The number of hydrogen-bond donors (Lipinski definition) is 1. The number of morpholine rings is 1. The van der Waals surface area contributed by atoms with Crippen LogP contribution in [0.15, 0.2) is 24.3 Å². The van der Waals surface area contributed by atoms with E-state index in [1.165, 1.54) is 0 Å². The Kier molecular flexibility index (Phi) is 6.83. The number of nitrogens with zero attached hydrogens (tertiary/aromatic N) is 5. The molecule has 1 aromatic heterocycles. The van der Waals surface area contributed by atoms with Gasteiger partial charge in [-0.25, -0.2) is 0 Å². The van der Waals surface area contributed by atoms with Crippen LogP contribution in [-0.2, 0) is 16.1 Å². The molecule has 28 heavy (non-hydrogen) atoms. The molecule has 3 rings (SSSR count). The van der Waals surface area contributed by atoms with Crippen molar-refractivity contribution in [2.75, 3.05) is 56.8 Å². The molecule has 0 unspecified atom stereocenters. The number of benzene rings is 1. The van der Waals surface area contributed by atoms with E-state index in [0.717, 1.165) is 13.1 Å². The van der Waals surface area contributed by atoms with Crippen LogP contribution in [0.4, 0.5) is 11.9 Å². The highest BCUT2D eigenvalue weighted by Crippen LogP contribution is 2.16. The number of anilines is 2. The van der Waals surface area contributed by atoms with E-state index in [1.807, 2.05) is 19.0 Å². The van der Waals surface area contributed by atoms with Crippen molar-refractivity contribution >= 4 is 29.4 Å². The third-order valence-corrected chi connectivity index (χ3v) is 4.23. The first-order valence-electron chi connectivity index (χ1n) is 8.91. The first kappa shape index (κ1) is 20.1. The Bertz CT molecular complexity index is 796. The van der Waals surface area contributed by atoms with Gasteiger partial charge in [0.25, 0.3) is 5.91 Å². The normalized spacial score (nSPS) is 13.9. The van der Waals surface area contributed by atoms with E-state index in [1.54, 1.807) is 29.2 Å². The quantitative estimate of drug-likeness (QED) is 0.731. The van der Waals surface area contributed by atoms with Gasteiger partial charge in [-0.15, -0.1) is 0 Å². The minimum Gasteiger partial charge on any atom is -0.484 e. The van der Waals surface area contributed by atoms with Crippen molar-refractivity contribution in [3.8, 4) is 5.75 Å². The predicted molar refractivity (Wildman–Crippen MR) is 106 cm³/mol. The molecule has 0 saturated carbocycles. The molecule has 0 aliphatic carbocycles. The van der Waals surface area contributed by atoms with Crippen LogP contribution in [0.2, 0.25) is 5.02 Å². The van der Waals surface area contributed by atoms with Gasteiger partial charge in [0.15, 0.2) is 12.4 Å². The van der Waals surface area contributed by atoms with Crippen LogP contribution >= 0.6 is 11.6 Å². The second kappa shape index (κ2) is 9.52. The fraction of sp³-hybridized carbons (Fsp3) is 0.444. The van der Waals surface area contributed by atoms with Crippen molar-refractivity contribution in [3.63, 3.8) is 0 Å².